The standard InChI is InChI=1S/C30H49NO26/c31-15-19(43)18(42)13(6-34)51-24(15)52-14(7-35)22-17(41)9(37)2-30(56-22,27(48)49)57-23-12(3-28(50,25(44)45)54-21(23)11(39)5-33)53-29(26(46)47)1-8(36)16(40)20(55-29)10(38)4-32/h8-24,32-43,50H,1-7,31H2,(H,44,45)(H,46,47)(H,48,49)/t8-,9-,10-,11-,12-,13-,14-,15-,16-,17-,18-,19-,20-,21-,22-,23-,24+,28-,29-,30+/m1/s1. The van der Waals surface area contributed by atoms with Crippen molar-refractivity contribution in [3.63, 3.8) is 0 Å². The van der Waals surface area contributed by atoms with Crippen molar-refractivity contribution in [3.8, 4) is 0 Å². The number of carboxylic acid groups (broad SMARTS) is 3. The first-order valence-electron chi connectivity index (χ1n) is 17.3. The van der Waals surface area contributed by atoms with Crippen LogP contribution in [-0.4, -0.2) is 247 Å². The Morgan fingerprint density at radius 1 is 0.667 bits per heavy atom. The van der Waals surface area contributed by atoms with Gasteiger partial charge in [0.25, 0.3) is 17.4 Å². The number of rotatable bonds is 16. The van der Waals surface area contributed by atoms with Crippen LogP contribution >= 0.6 is 0 Å². The second kappa shape index (κ2) is 18.5. The molecule has 0 spiro atoms. The Morgan fingerprint density at radius 3 is 1.67 bits per heavy atom. The Morgan fingerprint density at radius 2 is 1.18 bits per heavy atom. The summed E-state index contributed by atoms with van der Waals surface area (Å²) in [6, 6.07) is -1.62. The molecular formula is C30H49NO26. The van der Waals surface area contributed by atoms with Crippen LogP contribution < -0.4 is 5.73 Å². The van der Waals surface area contributed by atoms with Crippen LogP contribution in [0.25, 0.3) is 0 Å². The number of hydrogen-bond acceptors (Lipinski definition) is 24. The number of carboxylic acids is 3. The summed E-state index contributed by atoms with van der Waals surface area (Å²) in [6.07, 6.45) is -37.5. The minimum Gasteiger partial charge on any atom is -0.477 e. The smallest absolute Gasteiger partial charge is 0.364 e. The molecule has 4 aliphatic rings. The van der Waals surface area contributed by atoms with Gasteiger partial charge in [-0.3, -0.25) is 0 Å². The first-order valence-corrected chi connectivity index (χ1v) is 17.3. The topological polar surface area (TPSA) is 466 Å². The molecule has 4 fully saturated rings. The third-order valence-corrected chi connectivity index (χ3v) is 10.1. The summed E-state index contributed by atoms with van der Waals surface area (Å²) in [7, 11) is 0. The van der Waals surface area contributed by atoms with Gasteiger partial charge in [0.15, 0.2) is 6.29 Å². The first-order chi connectivity index (χ1) is 26.5. The average Bonchev–Trinajstić information content (AvgIpc) is 3.16. The zero-order chi connectivity index (χ0) is 42.9. The summed E-state index contributed by atoms with van der Waals surface area (Å²) in [6.45, 7) is -4.62. The van der Waals surface area contributed by atoms with E-state index < -0.39 is 185 Å². The van der Waals surface area contributed by atoms with Crippen LogP contribution in [0.4, 0.5) is 0 Å². The van der Waals surface area contributed by atoms with Crippen LogP contribution in [0.2, 0.25) is 0 Å². The predicted molar refractivity (Wildman–Crippen MR) is 169 cm³/mol. The maximum absolute atomic E-state index is 13.1. The Balaban J connectivity index is 1.79. The molecule has 57 heavy (non-hydrogen) atoms. The largest absolute Gasteiger partial charge is 0.477 e. The molecule has 4 rings (SSSR count). The van der Waals surface area contributed by atoms with Crippen molar-refractivity contribution in [2.45, 2.75) is 141 Å². The van der Waals surface area contributed by atoms with E-state index in [1.807, 2.05) is 0 Å². The van der Waals surface area contributed by atoms with E-state index in [0.717, 1.165) is 0 Å². The number of aliphatic hydroxyl groups excluding tert-OH is 12. The molecule has 0 radical (unpaired) electrons. The van der Waals surface area contributed by atoms with E-state index in [2.05, 4.69) is 0 Å². The Kier molecular flexibility index (Phi) is 15.3. The fourth-order valence-electron chi connectivity index (χ4n) is 6.96. The number of hydrogen-bond donors (Lipinski definition) is 17. The average molecular weight is 840 g/mol. The van der Waals surface area contributed by atoms with Gasteiger partial charge in [-0.15, -0.1) is 0 Å². The molecule has 4 saturated heterocycles. The highest BCUT2D eigenvalue weighted by atomic mass is 16.8. The minimum absolute atomic E-state index is 0.882. The van der Waals surface area contributed by atoms with Crippen LogP contribution in [-0.2, 0) is 47.5 Å². The van der Waals surface area contributed by atoms with Crippen LogP contribution in [0.1, 0.15) is 19.3 Å². The van der Waals surface area contributed by atoms with Gasteiger partial charge in [-0.2, -0.15) is 0 Å². The molecule has 27 nitrogen and oxygen atoms in total. The van der Waals surface area contributed by atoms with Gasteiger partial charge in [0.2, 0.25) is 0 Å². The van der Waals surface area contributed by atoms with Crippen molar-refractivity contribution >= 4 is 17.9 Å². The summed E-state index contributed by atoms with van der Waals surface area (Å²) < 4.78 is 38.4. The van der Waals surface area contributed by atoms with Crippen LogP contribution in [0.5, 0.6) is 0 Å². The lowest BCUT2D eigenvalue weighted by Gasteiger charge is -2.52. The fourth-order valence-corrected chi connectivity index (χ4v) is 6.96. The van der Waals surface area contributed by atoms with Crippen molar-refractivity contribution in [1.29, 1.82) is 0 Å². The maximum atomic E-state index is 13.1. The van der Waals surface area contributed by atoms with Gasteiger partial charge in [-0.05, 0) is 0 Å². The Bertz CT molecular complexity index is 1390. The summed E-state index contributed by atoms with van der Waals surface area (Å²) >= 11 is 0. The van der Waals surface area contributed by atoms with Gasteiger partial charge in [-0.25, -0.2) is 14.4 Å². The number of aliphatic hydroxyl groups is 13. The molecule has 27 heteroatoms. The van der Waals surface area contributed by atoms with Gasteiger partial charge >= 0.3 is 17.9 Å². The zero-order valence-electron chi connectivity index (χ0n) is 29.6. The van der Waals surface area contributed by atoms with Crippen LogP contribution in [0.15, 0.2) is 0 Å². The number of carbonyl (C=O) groups is 3. The van der Waals surface area contributed by atoms with E-state index in [1.54, 1.807) is 0 Å². The van der Waals surface area contributed by atoms with Gasteiger partial charge in [0.05, 0.1) is 50.8 Å². The van der Waals surface area contributed by atoms with Gasteiger partial charge in [0, 0.05) is 19.3 Å². The highest BCUT2D eigenvalue weighted by Crippen LogP contribution is 2.43. The molecule has 0 aliphatic carbocycles. The SMILES string of the molecule is N[C@H]1[C@H](O[C@H](CO)[C@H]2O[C@@](O[C@H]3[C@@H]([C@H](O)CO)O[C@@](O)(C(=O)O)C[C@H]3O[C@]3(C(=O)O)C[C@@H](O)[C@@H](O)[C@@H]([C@H](O)CO)O3)(C(=O)O)C[C@@H](O)[C@H]2O)O[C@H](CO)[C@@H](O)[C@@H]1O. The molecule has 4 aliphatic heterocycles. The van der Waals surface area contributed by atoms with Crippen molar-refractivity contribution in [1.82, 2.24) is 0 Å². The van der Waals surface area contributed by atoms with Crippen LogP contribution in [0, 0.1) is 0 Å². The predicted octanol–water partition coefficient (Wildman–Crippen LogP) is -10.2. The lowest BCUT2D eigenvalue weighted by Crippen LogP contribution is -2.70. The Labute approximate surface area is 320 Å². The minimum atomic E-state index is -3.47. The highest BCUT2D eigenvalue weighted by molar-refractivity contribution is 5.77. The van der Waals surface area contributed by atoms with E-state index in [1.165, 1.54) is 0 Å². The van der Waals surface area contributed by atoms with Gasteiger partial charge < -0.3 is 121 Å². The lowest BCUT2D eigenvalue weighted by atomic mass is 9.88. The number of aliphatic carboxylic acids is 3. The van der Waals surface area contributed by atoms with E-state index in [-0.39, 0.29) is 0 Å². The second-order valence-corrected chi connectivity index (χ2v) is 14.1. The normalized spacial score (nSPS) is 45.8. The van der Waals surface area contributed by atoms with Crippen LogP contribution in [0.3, 0.4) is 0 Å². The third-order valence-electron chi connectivity index (χ3n) is 10.1. The molecule has 0 unspecified atom stereocenters. The second-order valence-electron chi connectivity index (χ2n) is 14.1. The molecule has 0 amide bonds. The molecule has 0 aromatic rings. The first kappa shape index (κ1) is 47.3. The summed E-state index contributed by atoms with van der Waals surface area (Å²) in [5.41, 5.74) is 5.89. The molecule has 20 atom stereocenters. The van der Waals surface area contributed by atoms with E-state index in [9.17, 15) is 96.1 Å². The van der Waals surface area contributed by atoms with E-state index in [0.29, 0.717) is 0 Å². The molecule has 0 saturated carbocycles. The molecule has 0 aromatic heterocycles. The molecule has 18 N–H and O–H groups in total. The monoisotopic (exact) mass is 839 g/mol. The van der Waals surface area contributed by atoms with E-state index in [4.69, 9.17) is 38.9 Å². The number of ether oxygens (including phenoxy) is 7. The van der Waals surface area contributed by atoms with Crippen molar-refractivity contribution in [3.05, 3.63) is 0 Å². The molecule has 0 aromatic carbocycles. The third kappa shape index (κ3) is 9.33. The van der Waals surface area contributed by atoms with Crippen molar-refractivity contribution in [2.24, 2.45) is 5.73 Å². The van der Waals surface area contributed by atoms with Crippen molar-refractivity contribution < 1.29 is 129 Å². The molecule has 330 valence electrons. The van der Waals surface area contributed by atoms with Gasteiger partial charge in [0.1, 0.15) is 73.2 Å². The summed E-state index contributed by atoms with van der Waals surface area (Å²) in [4.78, 5) is 38.1. The van der Waals surface area contributed by atoms with E-state index >= 15 is 0 Å². The lowest BCUT2D eigenvalue weighted by molar-refractivity contribution is -0.403. The summed E-state index contributed by atoms with van der Waals surface area (Å²) in [5.74, 6) is -16.6. The molecular weight excluding hydrogens is 790 g/mol. The molecule has 4 heterocycles. The Hall–Kier alpha value is -2.43. The highest BCUT2D eigenvalue weighted by Gasteiger charge is 2.64. The zero-order valence-corrected chi connectivity index (χ0v) is 29.6. The summed E-state index contributed by atoms with van der Waals surface area (Å²) in [5, 5.41) is 165. The van der Waals surface area contributed by atoms with Gasteiger partial charge in [-0.1, -0.05) is 0 Å². The maximum Gasteiger partial charge on any atom is 0.364 e. The molecule has 0 bridgehead atoms. The fraction of sp³-hybridized carbons (Fsp3) is 0.900. The number of nitrogens with two attached hydrogens (primary N) is 1. The quantitative estimate of drug-likeness (QED) is 0.0686. The van der Waals surface area contributed by atoms with Crippen molar-refractivity contribution in [2.75, 3.05) is 26.4 Å².